The summed E-state index contributed by atoms with van der Waals surface area (Å²) < 4.78 is 0. The quantitative estimate of drug-likeness (QED) is 0.773. The Morgan fingerprint density at radius 2 is 1.95 bits per heavy atom. The van der Waals surface area contributed by atoms with Gasteiger partial charge in [0, 0.05) is 22.7 Å². The Morgan fingerprint density at radius 3 is 2.76 bits per heavy atom. The smallest absolute Gasteiger partial charge is 0.153 e. The molecule has 1 aliphatic rings. The van der Waals surface area contributed by atoms with E-state index in [0.29, 0.717) is 15.2 Å². The molecule has 0 fully saturated rings. The van der Waals surface area contributed by atoms with Crippen molar-refractivity contribution in [1.82, 2.24) is 10.2 Å². The Kier molecular flexibility index (Phi) is 4.25. The predicted octanol–water partition coefficient (Wildman–Crippen LogP) is 4.95. The zero-order valence-electron chi connectivity index (χ0n) is 11.5. The highest BCUT2D eigenvalue weighted by molar-refractivity contribution is 6.33. The summed E-state index contributed by atoms with van der Waals surface area (Å²) in [5, 5.41) is 9.94. The van der Waals surface area contributed by atoms with E-state index in [0.717, 1.165) is 36.3 Å². The van der Waals surface area contributed by atoms with E-state index in [2.05, 4.69) is 22.0 Å². The van der Waals surface area contributed by atoms with E-state index in [-0.39, 0.29) is 6.04 Å². The lowest BCUT2D eigenvalue weighted by Crippen LogP contribution is -2.32. The second kappa shape index (κ2) is 5.99. The minimum Gasteiger partial charge on any atom is -0.363 e. The molecule has 0 saturated carbocycles. The summed E-state index contributed by atoms with van der Waals surface area (Å²) >= 11 is 18.4. The number of aromatic nitrogens is 2. The molecule has 0 radical (unpaired) electrons. The molecule has 0 spiro atoms. The number of aryl methyl sites for hydroxylation is 1. The summed E-state index contributed by atoms with van der Waals surface area (Å²) in [5.41, 5.74) is 3.02. The molecular weight excluding hydrogens is 329 g/mol. The Hall–Kier alpha value is -1.03. The van der Waals surface area contributed by atoms with E-state index in [4.69, 9.17) is 34.8 Å². The number of hydrogen-bond acceptors (Lipinski definition) is 3. The Labute approximate surface area is 138 Å². The van der Waals surface area contributed by atoms with Gasteiger partial charge in [-0.2, -0.15) is 5.10 Å². The molecule has 1 aliphatic heterocycles. The van der Waals surface area contributed by atoms with Crippen molar-refractivity contribution in [1.29, 1.82) is 0 Å². The van der Waals surface area contributed by atoms with Gasteiger partial charge >= 0.3 is 0 Å². The fourth-order valence-electron chi connectivity index (χ4n) is 2.75. The van der Waals surface area contributed by atoms with Gasteiger partial charge in [0.05, 0.1) is 17.4 Å². The summed E-state index contributed by atoms with van der Waals surface area (Å²) in [6.07, 6.45) is 1.96. The molecule has 0 amide bonds. The van der Waals surface area contributed by atoms with Gasteiger partial charge in [-0.15, -0.1) is 5.10 Å². The first-order valence-corrected chi connectivity index (χ1v) is 7.93. The van der Waals surface area contributed by atoms with Crippen molar-refractivity contribution in [3.63, 3.8) is 0 Å². The SMILES string of the molecule is CC(c1cc(Cl)ccc1Cl)N1CCCc2nnc(Cl)cc21. The van der Waals surface area contributed by atoms with Crippen LogP contribution in [0, 0.1) is 0 Å². The molecule has 3 rings (SSSR count). The average Bonchev–Trinajstić information content (AvgIpc) is 2.48. The van der Waals surface area contributed by atoms with Crippen molar-refractivity contribution < 1.29 is 0 Å². The Morgan fingerprint density at radius 1 is 1.14 bits per heavy atom. The average molecular weight is 343 g/mol. The topological polar surface area (TPSA) is 29.0 Å². The van der Waals surface area contributed by atoms with Gasteiger partial charge in [0.1, 0.15) is 0 Å². The molecule has 1 atom stereocenters. The summed E-state index contributed by atoms with van der Waals surface area (Å²) in [6, 6.07) is 7.51. The fraction of sp³-hybridized carbons (Fsp3) is 0.333. The van der Waals surface area contributed by atoms with Crippen molar-refractivity contribution in [2.75, 3.05) is 11.4 Å². The first kappa shape index (κ1) is 14.9. The van der Waals surface area contributed by atoms with Gasteiger partial charge in [-0.1, -0.05) is 34.8 Å². The van der Waals surface area contributed by atoms with Crippen LogP contribution in [0.25, 0.3) is 0 Å². The van der Waals surface area contributed by atoms with E-state index in [9.17, 15) is 0 Å². The molecule has 2 aromatic rings. The van der Waals surface area contributed by atoms with Crippen LogP contribution in [0.1, 0.15) is 30.6 Å². The van der Waals surface area contributed by atoms with Crippen molar-refractivity contribution in [3.05, 3.63) is 50.7 Å². The standard InChI is InChI=1S/C15H14Cl3N3/c1-9(11-7-10(16)4-5-12(11)17)21-6-2-3-13-14(21)8-15(18)20-19-13/h4-5,7-9H,2-3,6H2,1H3. The lowest BCUT2D eigenvalue weighted by Gasteiger charge is -2.36. The lowest BCUT2D eigenvalue weighted by atomic mass is 10.0. The number of hydrogen-bond donors (Lipinski definition) is 0. The molecule has 1 unspecified atom stereocenters. The van der Waals surface area contributed by atoms with Gasteiger partial charge in [0.15, 0.2) is 5.15 Å². The normalized spacial score (nSPS) is 15.7. The van der Waals surface area contributed by atoms with Gasteiger partial charge in [-0.05, 0) is 43.5 Å². The summed E-state index contributed by atoms with van der Waals surface area (Å²) in [6.45, 7) is 3.04. The second-order valence-electron chi connectivity index (χ2n) is 5.14. The number of halogens is 3. The van der Waals surface area contributed by atoms with Crippen LogP contribution in [-0.2, 0) is 6.42 Å². The molecule has 2 heterocycles. The van der Waals surface area contributed by atoms with Gasteiger partial charge in [-0.25, -0.2) is 0 Å². The number of nitrogens with zero attached hydrogens (tertiary/aromatic N) is 3. The van der Waals surface area contributed by atoms with Crippen LogP contribution >= 0.6 is 34.8 Å². The molecule has 6 heteroatoms. The summed E-state index contributed by atoms with van der Waals surface area (Å²) in [5.74, 6) is 0. The molecule has 0 saturated heterocycles. The van der Waals surface area contributed by atoms with Gasteiger partial charge in [-0.3, -0.25) is 0 Å². The number of rotatable bonds is 2. The van der Waals surface area contributed by atoms with Gasteiger partial charge in [0.2, 0.25) is 0 Å². The van der Waals surface area contributed by atoms with Crippen LogP contribution in [0.2, 0.25) is 15.2 Å². The molecule has 3 nitrogen and oxygen atoms in total. The van der Waals surface area contributed by atoms with Gasteiger partial charge in [0.25, 0.3) is 0 Å². The number of anilines is 1. The largest absolute Gasteiger partial charge is 0.363 e. The fourth-order valence-corrected chi connectivity index (χ4v) is 3.35. The van der Waals surface area contributed by atoms with Gasteiger partial charge < -0.3 is 4.90 Å². The molecule has 0 bridgehead atoms. The van der Waals surface area contributed by atoms with E-state index in [1.165, 1.54) is 0 Å². The number of fused-ring (bicyclic) bond motifs is 1. The zero-order chi connectivity index (χ0) is 15.0. The highest BCUT2D eigenvalue weighted by atomic mass is 35.5. The number of benzene rings is 1. The van der Waals surface area contributed by atoms with Crippen LogP contribution in [0.3, 0.4) is 0 Å². The van der Waals surface area contributed by atoms with E-state index in [1.54, 1.807) is 6.07 Å². The third-order valence-corrected chi connectivity index (χ3v) is 4.58. The minimum absolute atomic E-state index is 0.0931. The van der Waals surface area contributed by atoms with Crippen LogP contribution in [0.5, 0.6) is 0 Å². The summed E-state index contributed by atoms with van der Waals surface area (Å²) in [7, 11) is 0. The minimum atomic E-state index is 0.0931. The Balaban J connectivity index is 2.01. The van der Waals surface area contributed by atoms with Crippen LogP contribution in [-0.4, -0.2) is 16.7 Å². The van der Waals surface area contributed by atoms with Crippen LogP contribution in [0.4, 0.5) is 5.69 Å². The van der Waals surface area contributed by atoms with Crippen LogP contribution in [0.15, 0.2) is 24.3 Å². The van der Waals surface area contributed by atoms with E-state index in [1.807, 2.05) is 18.2 Å². The van der Waals surface area contributed by atoms with Crippen LogP contribution < -0.4 is 4.90 Å². The maximum Gasteiger partial charge on any atom is 0.153 e. The maximum absolute atomic E-state index is 6.33. The molecular formula is C15H14Cl3N3. The Bertz CT molecular complexity index is 675. The third kappa shape index (κ3) is 2.96. The molecule has 110 valence electrons. The van der Waals surface area contributed by atoms with Crippen molar-refractivity contribution in [2.24, 2.45) is 0 Å². The first-order chi connectivity index (χ1) is 10.1. The predicted molar refractivity (Wildman–Crippen MR) is 87.6 cm³/mol. The first-order valence-electron chi connectivity index (χ1n) is 6.80. The highest BCUT2D eigenvalue weighted by Gasteiger charge is 2.25. The molecule has 21 heavy (non-hydrogen) atoms. The van der Waals surface area contributed by atoms with Crippen molar-refractivity contribution in [3.8, 4) is 0 Å². The zero-order valence-corrected chi connectivity index (χ0v) is 13.8. The van der Waals surface area contributed by atoms with E-state index >= 15 is 0 Å². The molecule has 0 N–H and O–H groups in total. The molecule has 1 aromatic carbocycles. The molecule has 0 aliphatic carbocycles. The maximum atomic E-state index is 6.33. The third-order valence-electron chi connectivity index (χ3n) is 3.82. The highest BCUT2D eigenvalue weighted by Crippen LogP contribution is 2.36. The van der Waals surface area contributed by atoms with E-state index < -0.39 is 0 Å². The monoisotopic (exact) mass is 341 g/mol. The van der Waals surface area contributed by atoms with Crippen molar-refractivity contribution in [2.45, 2.75) is 25.8 Å². The summed E-state index contributed by atoms with van der Waals surface area (Å²) in [4.78, 5) is 2.26. The van der Waals surface area contributed by atoms with Crippen molar-refractivity contribution >= 4 is 40.5 Å². The molecule has 1 aromatic heterocycles. The lowest BCUT2D eigenvalue weighted by molar-refractivity contribution is 0.602. The second-order valence-corrected chi connectivity index (χ2v) is 6.37.